The van der Waals surface area contributed by atoms with Crippen LogP contribution in [-0.2, 0) is 0 Å². The average Bonchev–Trinajstić information content (AvgIpc) is 2.18. The molecule has 0 fully saturated rings. The lowest BCUT2D eigenvalue weighted by Gasteiger charge is -1.97. The number of aromatic hydroxyl groups is 1. The predicted molar refractivity (Wildman–Crippen MR) is 56.3 cm³/mol. The van der Waals surface area contributed by atoms with Gasteiger partial charge in [0.05, 0.1) is 0 Å². The highest BCUT2D eigenvalue weighted by Crippen LogP contribution is 2.22. The van der Waals surface area contributed by atoms with E-state index in [-0.39, 0.29) is 0 Å². The third-order valence-electron chi connectivity index (χ3n) is 1.77. The summed E-state index contributed by atoms with van der Waals surface area (Å²) in [4.78, 5) is 8.56. The van der Waals surface area contributed by atoms with Crippen molar-refractivity contribution in [3.05, 3.63) is 42.5 Å². The van der Waals surface area contributed by atoms with Crippen molar-refractivity contribution < 1.29 is 20.1 Å². The molecule has 3 N–H and O–H groups in total. The molecule has 0 saturated heterocycles. The zero-order valence-electron chi connectivity index (χ0n) is 7.79. The summed E-state index contributed by atoms with van der Waals surface area (Å²) in [7, 11) is 0. The predicted octanol–water partition coefficient (Wildman–Crippen LogP) is 2.77. The van der Waals surface area contributed by atoms with Crippen molar-refractivity contribution in [3.8, 4) is 5.75 Å². The molecule has 0 spiro atoms. The van der Waals surface area contributed by atoms with E-state index in [1.54, 1.807) is 6.07 Å². The van der Waals surface area contributed by atoms with Gasteiger partial charge in [-0.25, -0.2) is 4.79 Å². The van der Waals surface area contributed by atoms with Gasteiger partial charge in [0.15, 0.2) is 0 Å². The third-order valence-corrected chi connectivity index (χ3v) is 1.77. The van der Waals surface area contributed by atoms with Gasteiger partial charge in [0.25, 0.3) is 0 Å². The molecule has 0 heterocycles. The van der Waals surface area contributed by atoms with Crippen LogP contribution in [0.3, 0.4) is 0 Å². The van der Waals surface area contributed by atoms with Crippen molar-refractivity contribution >= 4 is 16.9 Å². The molecule has 4 nitrogen and oxygen atoms in total. The number of carboxylic acid groups (broad SMARTS) is 2. The number of phenolic OH excluding ortho intramolecular Hbond substituents is 1. The maximum Gasteiger partial charge on any atom is 0.503 e. The fourth-order valence-corrected chi connectivity index (χ4v) is 1.21. The number of carbonyl (C=O) groups is 1. The van der Waals surface area contributed by atoms with Crippen LogP contribution in [0, 0.1) is 0 Å². The summed E-state index contributed by atoms with van der Waals surface area (Å²) in [5.74, 6) is 0.350. The first-order chi connectivity index (χ1) is 7.11. The van der Waals surface area contributed by atoms with E-state index in [0.717, 1.165) is 10.8 Å². The number of phenols is 1. The van der Waals surface area contributed by atoms with Gasteiger partial charge in [-0.1, -0.05) is 36.4 Å². The van der Waals surface area contributed by atoms with Gasteiger partial charge < -0.3 is 15.3 Å². The van der Waals surface area contributed by atoms with E-state index in [2.05, 4.69) is 0 Å². The van der Waals surface area contributed by atoms with Crippen LogP contribution in [-0.4, -0.2) is 21.5 Å². The largest absolute Gasteiger partial charge is 0.507 e. The summed E-state index contributed by atoms with van der Waals surface area (Å²) in [6.45, 7) is 0. The van der Waals surface area contributed by atoms with Crippen LogP contribution in [0.2, 0.25) is 0 Å². The van der Waals surface area contributed by atoms with Crippen LogP contribution in [0.1, 0.15) is 0 Å². The van der Waals surface area contributed by atoms with Gasteiger partial charge in [-0.15, -0.1) is 0 Å². The molecular weight excluding hydrogens is 196 g/mol. The summed E-state index contributed by atoms with van der Waals surface area (Å²) in [6.07, 6.45) is -1.83. The summed E-state index contributed by atoms with van der Waals surface area (Å²) in [5.41, 5.74) is 0. The van der Waals surface area contributed by atoms with Gasteiger partial charge in [-0.05, 0) is 11.5 Å². The molecule has 0 aliphatic rings. The molecule has 0 unspecified atom stereocenters. The van der Waals surface area contributed by atoms with Crippen molar-refractivity contribution in [2.24, 2.45) is 0 Å². The van der Waals surface area contributed by atoms with Crippen molar-refractivity contribution in [3.63, 3.8) is 0 Å². The first-order valence-electron chi connectivity index (χ1n) is 4.20. The zero-order valence-corrected chi connectivity index (χ0v) is 7.79. The zero-order chi connectivity index (χ0) is 11.3. The molecule has 0 radical (unpaired) electrons. The second-order valence-electron chi connectivity index (χ2n) is 2.78. The highest BCUT2D eigenvalue weighted by Gasteiger charge is 1.94. The smallest absolute Gasteiger partial charge is 0.503 e. The second-order valence-corrected chi connectivity index (χ2v) is 2.78. The van der Waals surface area contributed by atoms with Crippen LogP contribution in [0.15, 0.2) is 42.5 Å². The van der Waals surface area contributed by atoms with Crippen LogP contribution in [0.25, 0.3) is 10.8 Å². The molecule has 0 amide bonds. The molecule has 2 aromatic rings. The Kier molecular flexibility index (Phi) is 3.51. The Labute approximate surface area is 86.0 Å². The molecule has 4 heteroatoms. The van der Waals surface area contributed by atoms with Gasteiger partial charge in [0, 0.05) is 5.39 Å². The monoisotopic (exact) mass is 206 g/mol. The van der Waals surface area contributed by atoms with E-state index in [1.807, 2.05) is 36.4 Å². The molecule has 0 aliphatic carbocycles. The van der Waals surface area contributed by atoms with E-state index >= 15 is 0 Å². The molecule has 0 bridgehead atoms. The van der Waals surface area contributed by atoms with Gasteiger partial charge in [-0.2, -0.15) is 0 Å². The molecular formula is C11H10O4. The van der Waals surface area contributed by atoms with Crippen molar-refractivity contribution in [2.75, 3.05) is 0 Å². The molecule has 0 saturated carbocycles. The molecule has 0 aliphatic heterocycles. The van der Waals surface area contributed by atoms with Crippen molar-refractivity contribution in [1.29, 1.82) is 0 Å². The third kappa shape index (κ3) is 3.19. The highest BCUT2D eigenvalue weighted by molar-refractivity contribution is 5.87. The van der Waals surface area contributed by atoms with Gasteiger partial charge in [-0.3, -0.25) is 0 Å². The van der Waals surface area contributed by atoms with E-state index < -0.39 is 6.16 Å². The Morgan fingerprint density at radius 3 is 2.07 bits per heavy atom. The minimum absolute atomic E-state index is 0.350. The molecule has 0 aromatic heterocycles. The molecule has 78 valence electrons. The Hall–Kier alpha value is -2.23. The van der Waals surface area contributed by atoms with Gasteiger partial charge in [0.1, 0.15) is 5.75 Å². The minimum Gasteiger partial charge on any atom is -0.507 e. The van der Waals surface area contributed by atoms with Crippen molar-refractivity contribution in [1.82, 2.24) is 0 Å². The Balaban J connectivity index is 0.000000245. The van der Waals surface area contributed by atoms with Gasteiger partial charge in [0.2, 0.25) is 0 Å². The fourth-order valence-electron chi connectivity index (χ4n) is 1.21. The number of hydrogen-bond donors (Lipinski definition) is 3. The van der Waals surface area contributed by atoms with E-state index in [9.17, 15) is 5.11 Å². The average molecular weight is 206 g/mol. The Morgan fingerprint density at radius 1 is 0.933 bits per heavy atom. The van der Waals surface area contributed by atoms with E-state index in [4.69, 9.17) is 15.0 Å². The highest BCUT2D eigenvalue weighted by atomic mass is 16.6. The number of hydrogen-bond acceptors (Lipinski definition) is 2. The first kappa shape index (κ1) is 10.8. The normalized spacial score (nSPS) is 9.07. The van der Waals surface area contributed by atoms with E-state index in [0.29, 0.717) is 5.75 Å². The van der Waals surface area contributed by atoms with Gasteiger partial charge >= 0.3 is 6.16 Å². The lowest BCUT2D eigenvalue weighted by atomic mass is 10.1. The van der Waals surface area contributed by atoms with Crippen molar-refractivity contribution in [2.45, 2.75) is 0 Å². The van der Waals surface area contributed by atoms with Crippen LogP contribution in [0.5, 0.6) is 5.75 Å². The molecule has 2 rings (SSSR count). The van der Waals surface area contributed by atoms with Crippen LogP contribution < -0.4 is 0 Å². The maximum atomic E-state index is 9.37. The minimum atomic E-state index is -1.83. The number of fused-ring (bicyclic) bond motifs is 1. The van der Waals surface area contributed by atoms with Crippen LogP contribution in [0.4, 0.5) is 4.79 Å². The van der Waals surface area contributed by atoms with Crippen LogP contribution >= 0.6 is 0 Å². The molecule has 2 aromatic carbocycles. The maximum absolute atomic E-state index is 9.37. The summed E-state index contributed by atoms with van der Waals surface area (Å²) in [5, 5.41) is 25.3. The number of benzene rings is 2. The molecule has 0 atom stereocenters. The standard InChI is InChI=1S/C10H8O.CH2O3/c11-10-7-3-5-8-4-1-2-6-9(8)10;2-1(3)4/h1-7,11H;(H2,2,3,4). The fraction of sp³-hybridized carbons (Fsp3) is 0. The Morgan fingerprint density at radius 2 is 1.47 bits per heavy atom. The lowest BCUT2D eigenvalue weighted by molar-refractivity contribution is 0.137. The topological polar surface area (TPSA) is 77.8 Å². The SMILES string of the molecule is O=C(O)O.Oc1cccc2ccccc12. The quantitative estimate of drug-likeness (QED) is 0.619. The molecule has 15 heavy (non-hydrogen) atoms. The summed E-state index contributed by atoms with van der Waals surface area (Å²) in [6, 6.07) is 13.3. The summed E-state index contributed by atoms with van der Waals surface area (Å²) >= 11 is 0. The van der Waals surface area contributed by atoms with E-state index in [1.165, 1.54) is 0 Å². The second kappa shape index (κ2) is 4.85. The number of rotatable bonds is 0. The summed E-state index contributed by atoms with van der Waals surface area (Å²) < 4.78 is 0. The lowest BCUT2D eigenvalue weighted by Crippen LogP contribution is -1.81. The Bertz CT molecular complexity index is 456. The first-order valence-corrected chi connectivity index (χ1v) is 4.20.